The van der Waals surface area contributed by atoms with E-state index in [-0.39, 0.29) is 24.2 Å². The third kappa shape index (κ3) is 18.7. The number of nitrogens with zero attached hydrogens (tertiary/aromatic N) is 1. The lowest BCUT2D eigenvalue weighted by Gasteiger charge is -2.12. The van der Waals surface area contributed by atoms with Gasteiger partial charge in [0.2, 0.25) is 11.8 Å². The second-order valence-corrected chi connectivity index (χ2v) is 6.74. The van der Waals surface area contributed by atoms with E-state index in [2.05, 4.69) is 27.9 Å². The van der Waals surface area contributed by atoms with Crippen LogP contribution in [0.15, 0.2) is 4.99 Å². The third-order valence-corrected chi connectivity index (χ3v) is 4.04. The Morgan fingerprint density at radius 3 is 2.04 bits per heavy atom. The van der Waals surface area contributed by atoms with Gasteiger partial charge in [0.15, 0.2) is 5.96 Å². The van der Waals surface area contributed by atoms with Gasteiger partial charge in [0.1, 0.15) is 6.42 Å². The summed E-state index contributed by atoms with van der Waals surface area (Å²) in [7, 11) is 0. The van der Waals surface area contributed by atoms with Crippen molar-refractivity contribution in [1.82, 2.24) is 16.0 Å². The number of nitrogens with two attached hydrogens (primary N) is 3. The molecule has 0 aromatic heterocycles. The maximum Gasteiger partial charge on any atom is 0.229 e. The van der Waals surface area contributed by atoms with Gasteiger partial charge in [-0.1, -0.05) is 12.8 Å². The van der Waals surface area contributed by atoms with E-state index in [9.17, 15) is 9.59 Å². The number of hydrogen-bond acceptors (Lipinski definition) is 5. The van der Waals surface area contributed by atoms with Gasteiger partial charge in [-0.3, -0.25) is 14.6 Å². The van der Waals surface area contributed by atoms with Crippen molar-refractivity contribution in [2.24, 2.45) is 22.2 Å². The first-order valence-corrected chi connectivity index (χ1v) is 9.98. The molecule has 0 bridgehead atoms. The van der Waals surface area contributed by atoms with Crippen LogP contribution in [-0.2, 0) is 9.59 Å². The predicted octanol–water partition coefficient (Wildman–Crippen LogP) is -0.450. The number of carbonyl (C=O) groups excluding carboxylic acids is 2. The van der Waals surface area contributed by atoms with Crippen molar-refractivity contribution < 1.29 is 9.59 Å². The van der Waals surface area contributed by atoms with E-state index in [1.54, 1.807) is 0 Å². The van der Waals surface area contributed by atoms with Crippen LogP contribution in [0.1, 0.15) is 58.3 Å². The second-order valence-electron chi connectivity index (χ2n) is 6.74. The van der Waals surface area contributed by atoms with Gasteiger partial charge < -0.3 is 33.2 Å². The van der Waals surface area contributed by atoms with Crippen LogP contribution >= 0.6 is 0 Å². The lowest BCUT2D eigenvalue weighted by molar-refractivity contribution is -0.129. The summed E-state index contributed by atoms with van der Waals surface area (Å²) in [4.78, 5) is 27.3. The van der Waals surface area contributed by atoms with Crippen LogP contribution in [0.4, 0.5) is 0 Å². The quantitative estimate of drug-likeness (QED) is 0.0860. The van der Waals surface area contributed by atoms with Gasteiger partial charge in [-0.15, -0.1) is 0 Å². The van der Waals surface area contributed by atoms with Crippen LogP contribution in [0.5, 0.6) is 0 Å². The van der Waals surface area contributed by atoms with Crippen LogP contribution in [-0.4, -0.2) is 56.5 Å². The molecule has 0 radical (unpaired) electrons. The Kier molecular flexibility index (Phi) is 16.3. The summed E-state index contributed by atoms with van der Waals surface area (Å²) >= 11 is 0. The summed E-state index contributed by atoms with van der Waals surface area (Å²) in [5.74, 6) is -0.339. The van der Waals surface area contributed by atoms with Crippen molar-refractivity contribution in [2.75, 3.05) is 32.7 Å². The zero-order chi connectivity index (χ0) is 20.3. The SMILES string of the molecule is CC(CCN)NCCCCNC(=O)CC(=O)NCCCCCCN=C(N)N. The number of carbonyl (C=O) groups is 2. The number of aliphatic imine (C=N–C) groups is 1. The van der Waals surface area contributed by atoms with E-state index in [0.29, 0.717) is 32.2 Å². The maximum atomic E-state index is 11.7. The molecule has 1 unspecified atom stereocenters. The first-order valence-electron chi connectivity index (χ1n) is 9.98. The molecule has 0 rings (SSSR count). The van der Waals surface area contributed by atoms with Gasteiger partial charge in [-0.25, -0.2) is 0 Å². The van der Waals surface area contributed by atoms with Crippen LogP contribution < -0.4 is 33.2 Å². The highest BCUT2D eigenvalue weighted by atomic mass is 16.2. The van der Waals surface area contributed by atoms with Gasteiger partial charge in [0, 0.05) is 25.7 Å². The zero-order valence-corrected chi connectivity index (χ0v) is 16.8. The molecule has 0 aliphatic carbocycles. The molecule has 0 saturated carbocycles. The largest absolute Gasteiger partial charge is 0.370 e. The fourth-order valence-electron chi connectivity index (χ4n) is 2.48. The van der Waals surface area contributed by atoms with E-state index in [1.807, 2.05) is 0 Å². The molecule has 2 amide bonds. The summed E-state index contributed by atoms with van der Waals surface area (Å²) in [6.45, 7) is 5.52. The third-order valence-electron chi connectivity index (χ3n) is 4.04. The van der Waals surface area contributed by atoms with Crippen LogP contribution in [0.25, 0.3) is 0 Å². The Labute approximate surface area is 163 Å². The first kappa shape index (κ1) is 25.1. The normalized spacial score (nSPS) is 11.6. The summed E-state index contributed by atoms with van der Waals surface area (Å²) in [6, 6.07) is 0.423. The molecule has 0 aliphatic rings. The number of nitrogens with one attached hydrogen (secondary N) is 3. The molecule has 0 aromatic carbocycles. The highest BCUT2D eigenvalue weighted by molar-refractivity contribution is 5.96. The Hall–Kier alpha value is -1.87. The van der Waals surface area contributed by atoms with Gasteiger partial charge >= 0.3 is 0 Å². The second kappa shape index (κ2) is 17.5. The fourth-order valence-corrected chi connectivity index (χ4v) is 2.48. The Morgan fingerprint density at radius 1 is 0.889 bits per heavy atom. The van der Waals surface area contributed by atoms with Crippen molar-refractivity contribution in [3.8, 4) is 0 Å². The van der Waals surface area contributed by atoms with Crippen LogP contribution in [0, 0.1) is 0 Å². The number of hydrogen-bond donors (Lipinski definition) is 6. The highest BCUT2D eigenvalue weighted by Crippen LogP contribution is 1.99. The number of guanidine groups is 1. The summed E-state index contributed by atoms with van der Waals surface area (Å²) in [6.07, 6.45) is 6.51. The molecular formula is C18H39N7O2. The van der Waals surface area contributed by atoms with Gasteiger partial charge in [-0.2, -0.15) is 0 Å². The molecule has 0 fully saturated rings. The first-order chi connectivity index (χ1) is 13.0. The lowest BCUT2D eigenvalue weighted by atomic mass is 10.2. The molecule has 9 nitrogen and oxygen atoms in total. The Bertz CT molecular complexity index is 426. The van der Waals surface area contributed by atoms with Crippen molar-refractivity contribution in [3.05, 3.63) is 0 Å². The van der Waals surface area contributed by atoms with Crippen molar-refractivity contribution in [1.29, 1.82) is 0 Å². The molecular weight excluding hydrogens is 346 g/mol. The highest BCUT2D eigenvalue weighted by Gasteiger charge is 2.08. The van der Waals surface area contributed by atoms with E-state index < -0.39 is 0 Å². The molecule has 1 atom stereocenters. The molecule has 27 heavy (non-hydrogen) atoms. The average molecular weight is 386 g/mol. The van der Waals surface area contributed by atoms with Crippen LogP contribution in [0.2, 0.25) is 0 Å². The van der Waals surface area contributed by atoms with Crippen molar-refractivity contribution in [3.63, 3.8) is 0 Å². The predicted molar refractivity (Wildman–Crippen MR) is 110 cm³/mol. The van der Waals surface area contributed by atoms with Gasteiger partial charge in [-0.05, 0) is 52.1 Å². The topological polar surface area (TPSA) is 161 Å². The summed E-state index contributed by atoms with van der Waals surface area (Å²) in [5, 5.41) is 8.93. The van der Waals surface area contributed by atoms with Gasteiger partial charge in [0.25, 0.3) is 0 Å². The Morgan fingerprint density at radius 2 is 1.44 bits per heavy atom. The molecule has 9 heteroatoms. The maximum absolute atomic E-state index is 11.7. The van der Waals surface area contributed by atoms with E-state index in [1.165, 1.54) is 0 Å². The van der Waals surface area contributed by atoms with Gasteiger partial charge in [0.05, 0.1) is 0 Å². The molecule has 0 aliphatic heterocycles. The summed E-state index contributed by atoms with van der Waals surface area (Å²) in [5.41, 5.74) is 16.0. The van der Waals surface area contributed by atoms with E-state index in [0.717, 1.165) is 51.5 Å². The minimum absolute atomic E-state index is 0.115. The van der Waals surface area contributed by atoms with E-state index in [4.69, 9.17) is 17.2 Å². The number of rotatable bonds is 17. The number of unbranched alkanes of at least 4 members (excludes halogenated alkanes) is 4. The summed E-state index contributed by atoms with van der Waals surface area (Å²) < 4.78 is 0. The molecule has 9 N–H and O–H groups in total. The average Bonchev–Trinajstić information content (AvgIpc) is 2.60. The smallest absolute Gasteiger partial charge is 0.229 e. The lowest BCUT2D eigenvalue weighted by Crippen LogP contribution is -2.33. The molecule has 0 aromatic rings. The Balaban J connectivity index is 3.46. The van der Waals surface area contributed by atoms with Crippen LogP contribution in [0.3, 0.4) is 0 Å². The van der Waals surface area contributed by atoms with Crippen molar-refractivity contribution >= 4 is 17.8 Å². The minimum atomic E-state index is -0.231. The molecule has 0 heterocycles. The van der Waals surface area contributed by atoms with E-state index >= 15 is 0 Å². The van der Waals surface area contributed by atoms with Crippen molar-refractivity contribution in [2.45, 2.75) is 64.3 Å². The molecule has 158 valence electrons. The minimum Gasteiger partial charge on any atom is -0.370 e. The zero-order valence-electron chi connectivity index (χ0n) is 16.8. The standard InChI is InChI=1S/C18H39N7O2/c1-15(8-9-19)22-10-6-7-12-24-17(27)14-16(26)23-11-4-2-3-5-13-25-18(20)21/h15,22H,2-14,19H2,1H3,(H,23,26)(H,24,27)(H4,20,21,25). The number of amides is 2. The molecule has 0 saturated heterocycles. The fraction of sp³-hybridized carbons (Fsp3) is 0.833. The molecule has 0 spiro atoms. The monoisotopic (exact) mass is 385 g/mol.